The van der Waals surface area contributed by atoms with Crippen molar-refractivity contribution in [1.82, 2.24) is 20.0 Å². The van der Waals surface area contributed by atoms with Crippen LogP contribution in [0.15, 0.2) is 30.5 Å². The molecular formula is C15H20ClFN4. The molecule has 1 heterocycles. The van der Waals surface area contributed by atoms with Crippen molar-refractivity contribution in [3.63, 3.8) is 0 Å². The number of aromatic nitrogens is 2. The molecule has 1 aromatic carbocycles. The van der Waals surface area contributed by atoms with Crippen molar-refractivity contribution in [2.24, 2.45) is 0 Å². The Morgan fingerprint density at radius 2 is 2.10 bits per heavy atom. The van der Waals surface area contributed by atoms with E-state index in [0.717, 1.165) is 12.2 Å². The highest BCUT2D eigenvalue weighted by molar-refractivity contribution is 6.31. The minimum atomic E-state index is -0.330. The van der Waals surface area contributed by atoms with Crippen molar-refractivity contribution in [1.29, 1.82) is 0 Å². The SMILES string of the molecule is CNC(c1ccccc1F)c1c(Cl)cnn1CCN(C)C. The summed E-state index contributed by atoms with van der Waals surface area (Å²) in [4.78, 5) is 2.07. The van der Waals surface area contributed by atoms with Gasteiger partial charge in [-0.1, -0.05) is 29.8 Å². The van der Waals surface area contributed by atoms with E-state index < -0.39 is 0 Å². The Labute approximate surface area is 129 Å². The van der Waals surface area contributed by atoms with E-state index in [1.54, 1.807) is 25.4 Å². The van der Waals surface area contributed by atoms with Crippen LogP contribution < -0.4 is 5.32 Å². The lowest BCUT2D eigenvalue weighted by atomic mass is 10.0. The van der Waals surface area contributed by atoms with Crippen LogP contribution in [0.25, 0.3) is 0 Å². The van der Waals surface area contributed by atoms with E-state index in [1.165, 1.54) is 6.07 Å². The lowest BCUT2D eigenvalue weighted by Crippen LogP contribution is -2.26. The lowest BCUT2D eigenvalue weighted by molar-refractivity contribution is 0.366. The Balaban J connectivity index is 2.38. The topological polar surface area (TPSA) is 33.1 Å². The Kier molecular flexibility index (Phi) is 5.33. The van der Waals surface area contributed by atoms with Gasteiger partial charge < -0.3 is 10.2 Å². The Bertz CT molecular complexity index is 597. The average Bonchev–Trinajstić information content (AvgIpc) is 2.81. The average molecular weight is 311 g/mol. The van der Waals surface area contributed by atoms with Gasteiger partial charge >= 0.3 is 0 Å². The molecule has 0 aliphatic heterocycles. The fraction of sp³-hybridized carbons (Fsp3) is 0.400. The molecule has 114 valence electrons. The van der Waals surface area contributed by atoms with Gasteiger partial charge in [0, 0.05) is 12.1 Å². The number of halogens is 2. The van der Waals surface area contributed by atoms with E-state index in [2.05, 4.69) is 15.3 Å². The molecule has 0 aliphatic rings. The number of nitrogens with zero attached hydrogens (tertiary/aromatic N) is 3. The highest BCUT2D eigenvalue weighted by Crippen LogP contribution is 2.29. The number of hydrogen-bond acceptors (Lipinski definition) is 3. The van der Waals surface area contributed by atoms with E-state index in [9.17, 15) is 4.39 Å². The molecule has 1 atom stereocenters. The quantitative estimate of drug-likeness (QED) is 0.890. The fourth-order valence-electron chi connectivity index (χ4n) is 2.28. The van der Waals surface area contributed by atoms with Gasteiger partial charge in [0.1, 0.15) is 5.82 Å². The third-order valence-electron chi connectivity index (χ3n) is 3.37. The van der Waals surface area contributed by atoms with Crippen LogP contribution in [0.3, 0.4) is 0 Å². The van der Waals surface area contributed by atoms with Gasteiger partial charge in [-0.3, -0.25) is 4.68 Å². The van der Waals surface area contributed by atoms with Crippen LogP contribution in [-0.2, 0) is 6.54 Å². The number of likely N-dealkylation sites (N-methyl/N-ethyl adjacent to an activating group) is 1. The molecule has 1 unspecified atom stereocenters. The van der Waals surface area contributed by atoms with Crippen molar-refractivity contribution in [2.45, 2.75) is 12.6 Å². The molecule has 2 aromatic rings. The summed E-state index contributed by atoms with van der Waals surface area (Å²) >= 11 is 6.28. The van der Waals surface area contributed by atoms with E-state index in [0.29, 0.717) is 17.1 Å². The van der Waals surface area contributed by atoms with Crippen molar-refractivity contribution < 1.29 is 4.39 Å². The Hall–Kier alpha value is -1.43. The van der Waals surface area contributed by atoms with Crippen LogP contribution in [-0.4, -0.2) is 42.4 Å². The first-order valence-corrected chi connectivity index (χ1v) is 7.20. The molecule has 0 spiro atoms. The molecule has 0 aliphatic carbocycles. The fourth-order valence-corrected chi connectivity index (χ4v) is 2.53. The Morgan fingerprint density at radius 1 is 1.38 bits per heavy atom. The summed E-state index contributed by atoms with van der Waals surface area (Å²) in [6.45, 7) is 1.53. The maximum absolute atomic E-state index is 14.1. The summed E-state index contributed by atoms with van der Waals surface area (Å²) < 4.78 is 15.9. The maximum atomic E-state index is 14.1. The third-order valence-corrected chi connectivity index (χ3v) is 3.66. The second-order valence-corrected chi connectivity index (χ2v) is 5.55. The summed E-state index contributed by atoms with van der Waals surface area (Å²) in [5.41, 5.74) is 1.35. The molecular weight excluding hydrogens is 291 g/mol. The van der Waals surface area contributed by atoms with Crippen molar-refractivity contribution in [2.75, 3.05) is 27.7 Å². The van der Waals surface area contributed by atoms with Gasteiger partial charge in [0.2, 0.25) is 0 Å². The highest BCUT2D eigenvalue weighted by Gasteiger charge is 2.23. The van der Waals surface area contributed by atoms with Crippen molar-refractivity contribution in [3.8, 4) is 0 Å². The lowest BCUT2D eigenvalue weighted by Gasteiger charge is -2.20. The van der Waals surface area contributed by atoms with E-state index in [4.69, 9.17) is 11.6 Å². The molecule has 0 fully saturated rings. The zero-order valence-corrected chi connectivity index (χ0v) is 13.2. The second kappa shape index (κ2) is 7.02. The van der Waals surface area contributed by atoms with Crippen LogP contribution in [0.4, 0.5) is 4.39 Å². The van der Waals surface area contributed by atoms with E-state index >= 15 is 0 Å². The summed E-state index contributed by atoms with van der Waals surface area (Å²) in [7, 11) is 5.78. The summed E-state index contributed by atoms with van der Waals surface area (Å²) in [6, 6.07) is 6.38. The number of hydrogen-bond donors (Lipinski definition) is 1. The predicted molar refractivity (Wildman–Crippen MR) is 83.1 cm³/mol. The second-order valence-electron chi connectivity index (χ2n) is 5.15. The molecule has 2 rings (SSSR count). The molecule has 1 aromatic heterocycles. The van der Waals surface area contributed by atoms with Gasteiger partial charge in [-0.2, -0.15) is 5.10 Å². The molecule has 0 bridgehead atoms. The van der Waals surface area contributed by atoms with Crippen LogP contribution in [0.1, 0.15) is 17.3 Å². The zero-order chi connectivity index (χ0) is 15.4. The predicted octanol–water partition coefficient (Wildman–Crippen LogP) is 2.55. The van der Waals surface area contributed by atoms with Gasteiger partial charge in [0.15, 0.2) is 0 Å². The van der Waals surface area contributed by atoms with Gasteiger partial charge in [0.25, 0.3) is 0 Å². The first-order chi connectivity index (χ1) is 10.0. The largest absolute Gasteiger partial charge is 0.308 e. The first kappa shape index (κ1) is 15.9. The van der Waals surface area contributed by atoms with Gasteiger partial charge in [-0.15, -0.1) is 0 Å². The van der Waals surface area contributed by atoms with E-state index in [-0.39, 0.29) is 11.9 Å². The van der Waals surface area contributed by atoms with Gasteiger partial charge in [-0.25, -0.2) is 4.39 Å². The monoisotopic (exact) mass is 310 g/mol. The molecule has 4 nitrogen and oxygen atoms in total. The first-order valence-electron chi connectivity index (χ1n) is 6.82. The normalized spacial score (nSPS) is 12.9. The number of rotatable bonds is 6. The molecule has 0 radical (unpaired) electrons. The maximum Gasteiger partial charge on any atom is 0.128 e. The standard InChI is InChI=1S/C15H20ClFN4/c1-18-14(11-6-4-5-7-13(11)17)15-12(16)10-19-21(15)9-8-20(2)3/h4-7,10,14,18H,8-9H2,1-3H3. The van der Waals surface area contributed by atoms with Crippen LogP contribution in [0.2, 0.25) is 5.02 Å². The van der Waals surface area contributed by atoms with Crippen LogP contribution in [0, 0.1) is 5.82 Å². The molecule has 0 amide bonds. The minimum Gasteiger partial charge on any atom is -0.308 e. The van der Waals surface area contributed by atoms with Gasteiger partial charge in [0.05, 0.1) is 29.5 Å². The number of benzene rings is 1. The molecule has 6 heteroatoms. The molecule has 21 heavy (non-hydrogen) atoms. The highest BCUT2D eigenvalue weighted by atomic mass is 35.5. The molecule has 1 N–H and O–H groups in total. The molecule has 0 saturated heterocycles. The Morgan fingerprint density at radius 3 is 2.71 bits per heavy atom. The van der Waals surface area contributed by atoms with Crippen molar-refractivity contribution in [3.05, 3.63) is 52.6 Å². The third kappa shape index (κ3) is 3.61. The summed E-state index contributed by atoms with van der Waals surface area (Å²) in [5, 5.41) is 7.98. The smallest absolute Gasteiger partial charge is 0.128 e. The van der Waals surface area contributed by atoms with E-state index in [1.807, 2.05) is 24.8 Å². The number of nitrogens with one attached hydrogen (secondary N) is 1. The molecule has 0 saturated carbocycles. The summed E-state index contributed by atoms with van der Waals surface area (Å²) in [5.74, 6) is -0.256. The minimum absolute atomic E-state index is 0.256. The van der Waals surface area contributed by atoms with Crippen LogP contribution in [0.5, 0.6) is 0 Å². The van der Waals surface area contributed by atoms with Gasteiger partial charge in [-0.05, 0) is 27.2 Å². The van der Waals surface area contributed by atoms with Crippen molar-refractivity contribution >= 4 is 11.6 Å². The van der Waals surface area contributed by atoms with Crippen LogP contribution >= 0.6 is 11.6 Å². The zero-order valence-electron chi connectivity index (χ0n) is 12.5. The summed E-state index contributed by atoms with van der Waals surface area (Å²) in [6.07, 6.45) is 1.61.